The van der Waals surface area contributed by atoms with Crippen molar-refractivity contribution in [3.63, 3.8) is 0 Å². The van der Waals surface area contributed by atoms with Crippen molar-refractivity contribution in [3.8, 4) is 39.9 Å². The summed E-state index contributed by atoms with van der Waals surface area (Å²) in [5.74, 6) is -3.54. The lowest BCUT2D eigenvalue weighted by Gasteiger charge is -2.19. The lowest BCUT2D eigenvalue weighted by atomic mass is 9.87. The molecule has 4 aromatic rings. The quantitative estimate of drug-likeness (QED) is 0.181. The Labute approximate surface area is 164 Å². The van der Waals surface area contributed by atoms with Gasteiger partial charge in [0.15, 0.2) is 11.5 Å². The molecule has 0 atom stereocenters. The summed E-state index contributed by atoms with van der Waals surface area (Å²) in [6.45, 7) is 3.39. The summed E-state index contributed by atoms with van der Waals surface area (Å²) in [7, 11) is 0. The number of phenols is 5. The highest BCUT2D eigenvalue weighted by molar-refractivity contribution is 6.11. The van der Waals surface area contributed by atoms with Crippen LogP contribution < -0.4 is 0 Å². The highest BCUT2D eigenvalue weighted by Crippen LogP contribution is 2.55. The van der Waals surface area contributed by atoms with Crippen molar-refractivity contribution in [2.75, 3.05) is 0 Å². The number of benzene rings is 4. The number of hydrogen-bond acceptors (Lipinski definition) is 7. The molecule has 146 valence electrons. The van der Waals surface area contributed by atoms with Gasteiger partial charge in [0.1, 0.15) is 11.4 Å². The lowest BCUT2D eigenvalue weighted by molar-refractivity contribution is 0.350. The molecule has 0 aliphatic rings. The van der Waals surface area contributed by atoms with E-state index in [4.69, 9.17) is 0 Å². The van der Waals surface area contributed by atoms with E-state index in [0.717, 1.165) is 0 Å². The Kier molecular flexibility index (Phi) is 3.97. The van der Waals surface area contributed by atoms with Gasteiger partial charge >= 0.3 is 0 Å². The normalized spacial score (nSPS) is 11.2. The summed E-state index contributed by atoms with van der Waals surface area (Å²) < 4.78 is 0. The molecule has 0 fully saturated rings. The molecule has 7 heteroatoms. The maximum absolute atomic E-state index is 11.2. The summed E-state index contributed by atoms with van der Waals surface area (Å²) in [6, 6.07) is 10.3. The number of nitrogens with zero attached hydrogens (tertiary/aromatic N) is 1. The predicted octanol–water partition coefficient (Wildman–Crippen LogP) is 5.20. The van der Waals surface area contributed by atoms with Crippen molar-refractivity contribution in [2.45, 2.75) is 13.8 Å². The molecular formula is C22H17NO6. The monoisotopic (exact) mass is 391 g/mol. The molecule has 0 saturated heterocycles. The lowest BCUT2D eigenvalue weighted by Crippen LogP contribution is -1.94. The van der Waals surface area contributed by atoms with Crippen LogP contribution in [-0.4, -0.2) is 25.5 Å². The van der Waals surface area contributed by atoms with Crippen LogP contribution in [0.3, 0.4) is 0 Å². The van der Waals surface area contributed by atoms with Crippen molar-refractivity contribution in [3.05, 3.63) is 52.4 Å². The highest BCUT2D eigenvalue weighted by atomic mass is 16.3. The second-order valence-corrected chi connectivity index (χ2v) is 6.89. The third-order valence-corrected chi connectivity index (χ3v) is 5.45. The smallest absolute Gasteiger partial charge is 0.205 e. The minimum absolute atomic E-state index is 0.0343. The van der Waals surface area contributed by atoms with Gasteiger partial charge in [-0.15, -0.1) is 4.91 Å². The number of rotatable bonds is 2. The van der Waals surface area contributed by atoms with Crippen molar-refractivity contribution in [1.29, 1.82) is 0 Å². The molecule has 4 rings (SSSR count). The van der Waals surface area contributed by atoms with Crippen LogP contribution in [0.15, 0.2) is 41.6 Å². The Morgan fingerprint density at radius 1 is 0.655 bits per heavy atom. The molecule has 4 aromatic carbocycles. The fourth-order valence-electron chi connectivity index (χ4n) is 3.89. The topological polar surface area (TPSA) is 131 Å². The van der Waals surface area contributed by atoms with E-state index in [-0.39, 0.29) is 22.2 Å². The van der Waals surface area contributed by atoms with Gasteiger partial charge in [-0.2, -0.15) is 0 Å². The van der Waals surface area contributed by atoms with E-state index in [1.807, 2.05) is 0 Å². The van der Waals surface area contributed by atoms with E-state index in [1.54, 1.807) is 50.2 Å². The van der Waals surface area contributed by atoms with Crippen LogP contribution in [0.4, 0.5) is 5.69 Å². The molecule has 0 heterocycles. The minimum atomic E-state index is -0.926. The van der Waals surface area contributed by atoms with E-state index in [0.29, 0.717) is 33.0 Å². The standard InChI is InChI=1S/C22H17NO6/c1-9-10(2)16-17(20(26)22(28)21(27)19(16)25)18(24)15(9)13-7-3-6-12-11(13)5-4-8-14(12)23-29/h3-8,24-28H,1-2H3. The van der Waals surface area contributed by atoms with Crippen LogP contribution in [0.2, 0.25) is 0 Å². The highest BCUT2D eigenvalue weighted by Gasteiger charge is 2.26. The summed E-state index contributed by atoms with van der Waals surface area (Å²) in [5.41, 5.74) is 2.29. The molecule has 0 aliphatic carbocycles. The Balaban J connectivity index is 2.23. The average molecular weight is 391 g/mol. The van der Waals surface area contributed by atoms with E-state index in [2.05, 4.69) is 5.18 Å². The summed E-state index contributed by atoms with van der Waals surface area (Å²) in [4.78, 5) is 11.2. The third-order valence-electron chi connectivity index (χ3n) is 5.45. The first-order valence-electron chi connectivity index (χ1n) is 8.76. The first-order valence-corrected chi connectivity index (χ1v) is 8.76. The molecule has 0 bridgehead atoms. The summed E-state index contributed by atoms with van der Waals surface area (Å²) >= 11 is 0. The number of aryl methyl sites for hydroxylation is 1. The molecule has 0 amide bonds. The molecule has 0 unspecified atom stereocenters. The number of fused-ring (bicyclic) bond motifs is 2. The largest absolute Gasteiger partial charge is 0.506 e. The average Bonchev–Trinajstić information content (AvgIpc) is 2.73. The molecule has 0 aliphatic heterocycles. The van der Waals surface area contributed by atoms with Gasteiger partial charge < -0.3 is 25.5 Å². The zero-order valence-corrected chi connectivity index (χ0v) is 15.6. The Morgan fingerprint density at radius 2 is 1.24 bits per heavy atom. The van der Waals surface area contributed by atoms with Crippen molar-refractivity contribution in [2.24, 2.45) is 5.18 Å². The first kappa shape index (κ1) is 18.4. The van der Waals surface area contributed by atoms with Gasteiger partial charge in [-0.1, -0.05) is 30.3 Å². The molecule has 7 nitrogen and oxygen atoms in total. The fourth-order valence-corrected chi connectivity index (χ4v) is 3.89. The molecular weight excluding hydrogens is 374 g/mol. The maximum Gasteiger partial charge on any atom is 0.205 e. The zero-order valence-electron chi connectivity index (χ0n) is 15.6. The van der Waals surface area contributed by atoms with Crippen LogP contribution in [0, 0.1) is 18.8 Å². The molecule has 0 radical (unpaired) electrons. The Bertz CT molecular complexity index is 1340. The van der Waals surface area contributed by atoms with Crippen LogP contribution >= 0.6 is 0 Å². The minimum Gasteiger partial charge on any atom is -0.506 e. The van der Waals surface area contributed by atoms with Gasteiger partial charge in [-0.25, -0.2) is 0 Å². The second-order valence-electron chi connectivity index (χ2n) is 6.89. The van der Waals surface area contributed by atoms with Crippen LogP contribution in [0.25, 0.3) is 32.7 Å². The van der Waals surface area contributed by atoms with Crippen molar-refractivity contribution >= 4 is 27.2 Å². The Morgan fingerprint density at radius 3 is 1.90 bits per heavy atom. The van der Waals surface area contributed by atoms with Gasteiger partial charge in [-0.3, -0.25) is 0 Å². The number of nitroso groups, excluding NO2 is 1. The van der Waals surface area contributed by atoms with E-state index in [9.17, 15) is 30.4 Å². The SMILES string of the molecule is Cc1c(-c2cccc3c(N=O)cccc23)c(O)c2c(O)c(O)c(O)c(O)c2c1C. The third kappa shape index (κ3) is 2.37. The molecule has 29 heavy (non-hydrogen) atoms. The molecule has 0 spiro atoms. The number of hydrogen-bond donors (Lipinski definition) is 5. The van der Waals surface area contributed by atoms with Crippen LogP contribution in [-0.2, 0) is 0 Å². The fraction of sp³-hybridized carbons (Fsp3) is 0.0909. The van der Waals surface area contributed by atoms with Crippen molar-refractivity contribution < 1.29 is 25.5 Å². The zero-order chi connectivity index (χ0) is 21.0. The van der Waals surface area contributed by atoms with E-state index < -0.39 is 23.0 Å². The maximum atomic E-state index is 11.2. The molecule has 5 N–H and O–H groups in total. The van der Waals surface area contributed by atoms with Gasteiger partial charge in [0.25, 0.3) is 0 Å². The van der Waals surface area contributed by atoms with Gasteiger partial charge in [0, 0.05) is 16.3 Å². The van der Waals surface area contributed by atoms with Crippen LogP contribution in [0.1, 0.15) is 11.1 Å². The number of phenolic OH excluding ortho intramolecular Hbond substituents is 5. The number of aromatic hydroxyl groups is 5. The molecule has 0 saturated carbocycles. The van der Waals surface area contributed by atoms with Gasteiger partial charge in [0.05, 0.1) is 5.39 Å². The van der Waals surface area contributed by atoms with Crippen LogP contribution in [0.5, 0.6) is 28.7 Å². The van der Waals surface area contributed by atoms with E-state index >= 15 is 0 Å². The second kappa shape index (κ2) is 6.27. The molecule has 0 aromatic heterocycles. The van der Waals surface area contributed by atoms with E-state index in [1.165, 1.54) is 0 Å². The van der Waals surface area contributed by atoms with Gasteiger partial charge in [-0.05, 0) is 47.2 Å². The summed E-state index contributed by atoms with van der Waals surface area (Å²) in [6.07, 6.45) is 0. The Hall–Kier alpha value is -4.00. The summed E-state index contributed by atoms with van der Waals surface area (Å²) in [5, 5.41) is 55.8. The predicted molar refractivity (Wildman–Crippen MR) is 110 cm³/mol. The van der Waals surface area contributed by atoms with Gasteiger partial charge in [0.2, 0.25) is 11.5 Å². The van der Waals surface area contributed by atoms with Crippen molar-refractivity contribution in [1.82, 2.24) is 0 Å². The first-order chi connectivity index (χ1) is 13.8.